The van der Waals surface area contributed by atoms with E-state index in [1.165, 1.54) is 31.6 Å². The van der Waals surface area contributed by atoms with Gasteiger partial charge >= 0.3 is 0 Å². The van der Waals surface area contributed by atoms with Crippen molar-refractivity contribution in [1.82, 2.24) is 15.1 Å². The molecule has 0 aromatic rings. The van der Waals surface area contributed by atoms with Crippen molar-refractivity contribution in [2.45, 2.75) is 19.4 Å². The van der Waals surface area contributed by atoms with Gasteiger partial charge < -0.3 is 10.2 Å². The molecule has 0 aliphatic carbocycles. The minimum atomic E-state index is 0.723. The van der Waals surface area contributed by atoms with Crippen LogP contribution in [0, 0.1) is 0 Å². The van der Waals surface area contributed by atoms with Crippen molar-refractivity contribution in [2.24, 2.45) is 0 Å². The van der Waals surface area contributed by atoms with Gasteiger partial charge in [-0.15, -0.1) is 0 Å². The van der Waals surface area contributed by atoms with Crippen molar-refractivity contribution in [1.29, 1.82) is 0 Å². The Hall–Kier alpha value is -0.380. The number of rotatable bonds is 5. The monoisotopic (exact) mass is 211 g/mol. The van der Waals surface area contributed by atoms with Gasteiger partial charge in [-0.1, -0.05) is 13.5 Å². The fraction of sp³-hybridized carbons (Fsp3) is 0.833. The Morgan fingerprint density at radius 3 is 2.80 bits per heavy atom. The van der Waals surface area contributed by atoms with Gasteiger partial charge in [0.05, 0.1) is 0 Å². The number of hydrogen-bond donors (Lipinski definition) is 1. The maximum Gasteiger partial charge on any atom is 0.0218 e. The Balaban J connectivity index is 2.34. The zero-order chi connectivity index (χ0) is 11.3. The second-order valence-corrected chi connectivity index (χ2v) is 4.56. The van der Waals surface area contributed by atoms with E-state index in [2.05, 4.69) is 35.7 Å². The highest BCUT2D eigenvalue weighted by Gasteiger charge is 2.22. The average molecular weight is 211 g/mol. The SMILES string of the molecule is C=C(CNC)CN1CCN(C)C(CC)C1. The molecule has 0 aromatic heterocycles. The second-order valence-electron chi connectivity index (χ2n) is 4.56. The summed E-state index contributed by atoms with van der Waals surface area (Å²) < 4.78 is 0. The summed E-state index contributed by atoms with van der Waals surface area (Å²) in [7, 11) is 4.21. The lowest BCUT2D eigenvalue weighted by atomic mass is 10.1. The topological polar surface area (TPSA) is 18.5 Å². The van der Waals surface area contributed by atoms with Crippen molar-refractivity contribution < 1.29 is 0 Å². The molecule has 0 saturated carbocycles. The van der Waals surface area contributed by atoms with E-state index >= 15 is 0 Å². The predicted molar refractivity (Wildman–Crippen MR) is 66.2 cm³/mol. The van der Waals surface area contributed by atoms with Crippen LogP contribution in [-0.4, -0.2) is 62.7 Å². The first-order valence-electron chi connectivity index (χ1n) is 5.91. The first-order valence-corrected chi connectivity index (χ1v) is 5.91. The Kier molecular flexibility index (Phi) is 5.29. The lowest BCUT2D eigenvalue weighted by molar-refractivity contribution is 0.0997. The van der Waals surface area contributed by atoms with Crippen molar-refractivity contribution in [2.75, 3.05) is 46.8 Å². The van der Waals surface area contributed by atoms with Crippen molar-refractivity contribution in [3.8, 4) is 0 Å². The van der Waals surface area contributed by atoms with Gasteiger partial charge in [-0.3, -0.25) is 4.90 Å². The van der Waals surface area contributed by atoms with Crippen LogP contribution in [0.3, 0.4) is 0 Å². The van der Waals surface area contributed by atoms with Crippen LogP contribution in [-0.2, 0) is 0 Å². The summed E-state index contributed by atoms with van der Waals surface area (Å²) in [5.41, 5.74) is 1.29. The molecule has 1 aliphatic rings. The molecule has 0 radical (unpaired) electrons. The fourth-order valence-electron chi connectivity index (χ4n) is 2.22. The van der Waals surface area contributed by atoms with Gasteiger partial charge in [0.15, 0.2) is 0 Å². The Morgan fingerprint density at radius 1 is 1.47 bits per heavy atom. The molecule has 1 heterocycles. The predicted octanol–water partition coefficient (Wildman–Crippen LogP) is 0.788. The zero-order valence-corrected chi connectivity index (χ0v) is 10.4. The van der Waals surface area contributed by atoms with Gasteiger partial charge in [-0.2, -0.15) is 0 Å². The molecule has 1 unspecified atom stereocenters. The smallest absolute Gasteiger partial charge is 0.0218 e. The lowest BCUT2D eigenvalue weighted by Gasteiger charge is -2.39. The maximum atomic E-state index is 4.09. The molecule has 1 rings (SSSR count). The Morgan fingerprint density at radius 2 is 2.20 bits per heavy atom. The van der Waals surface area contributed by atoms with E-state index in [1.54, 1.807) is 0 Å². The van der Waals surface area contributed by atoms with E-state index in [0.29, 0.717) is 0 Å². The summed E-state index contributed by atoms with van der Waals surface area (Å²) in [6.07, 6.45) is 1.24. The van der Waals surface area contributed by atoms with Crippen molar-refractivity contribution in [3.63, 3.8) is 0 Å². The molecular formula is C12H25N3. The molecule has 0 aromatic carbocycles. The van der Waals surface area contributed by atoms with E-state index in [0.717, 1.165) is 19.1 Å². The fourth-order valence-corrected chi connectivity index (χ4v) is 2.22. The van der Waals surface area contributed by atoms with Crippen LogP contribution in [0.5, 0.6) is 0 Å². The van der Waals surface area contributed by atoms with Gasteiger partial charge in [0.1, 0.15) is 0 Å². The number of piperazine rings is 1. The molecule has 0 spiro atoms. The zero-order valence-electron chi connectivity index (χ0n) is 10.4. The molecule has 1 saturated heterocycles. The first kappa shape index (κ1) is 12.7. The number of nitrogens with one attached hydrogen (secondary N) is 1. The number of likely N-dealkylation sites (N-methyl/N-ethyl adjacent to an activating group) is 2. The summed E-state index contributed by atoms with van der Waals surface area (Å²) in [5, 5.41) is 3.15. The molecule has 1 atom stereocenters. The molecule has 1 N–H and O–H groups in total. The number of hydrogen-bond acceptors (Lipinski definition) is 3. The highest BCUT2D eigenvalue weighted by molar-refractivity contribution is 5.00. The second kappa shape index (κ2) is 6.26. The third kappa shape index (κ3) is 3.93. The highest BCUT2D eigenvalue weighted by Crippen LogP contribution is 2.11. The summed E-state index contributed by atoms with van der Waals surface area (Å²) in [6, 6.07) is 0.723. The third-order valence-electron chi connectivity index (χ3n) is 3.21. The third-order valence-corrected chi connectivity index (χ3v) is 3.21. The molecule has 3 nitrogen and oxygen atoms in total. The van der Waals surface area contributed by atoms with Crippen molar-refractivity contribution >= 4 is 0 Å². The largest absolute Gasteiger partial charge is 0.316 e. The summed E-state index contributed by atoms with van der Waals surface area (Å²) in [4.78, 5) is 4.99. The highest BCUT2D eigenvalue weighted by atomic mass is 15.3. The van der Waals surface area contributed by atoms with Crippen LogP contribution in [0.15, 0.2) is 12.2 Å². The van der Waals surface area contributed by atoms with E-state index in [1.807, 2.05) is 7.05 Å². The summed E-state index contributed by atoms with van der Waals surface area (Å²) in [6.45, 7) is 11.9. The minimum absolute atomic E-state index is 0.723. The first-order chi connectivity index (χ1) is 7.17. The van der Waals surface area contributed by atoms with Gasteiger partial charge in [-0.05, 0) is 26.1 Å². The van der Waals surface area contributed by atoms with Crippen molar-refractivity contribution in [3.05, 3.63) is 12.2 Å². The van der Waals surface area contributed by atoms with E-state index in [4.69, 9.17) is 0 Å². The molecule has 1 aliphatic heterocycles. The van der Waals surface area contributed by atoms with Crippen LogP contribution >= 0.6 is 0 Å². The normalized spacial score (nSPS) is 24.3. The Bertz CT molecular complexity index is 203. The average Bonchev–Trinajstić information content (AvgIpc) is 2.21. The minimum Gasteiger partial charge on any atom is -0.316 e. The molecular weight excluding hydrogens is 186 g/mol. The van der Waals surface area contributed by atoms with Gasteiger partial charge in [-0.25, -0.2) is 0 Å². The molecule has 0 bridgehead atoms. The quantitative estimate of drug-likeness (QED) is 0.678. The van der Waals surface area contributed by atoms with Crippen LogP contribution in [0.25, 0.3) is 0 Å². The van der Waals surface area contributed by atoms with E-state index in [-0.39, 0.29) is 0 Å². The van der Waals surface area contributed by atoms with Gasteiger partial charge in [0.2, 0.25) is 0 Å². The summed E-state index contributed by atoms with van der Waals surface area (Å²) >= 11 is 0. The standard InChI is InChI=1S/C12H25N3/c1-5-12-10-15(7-6-14(12)4)9-11(2)8-13-3/h12-13H,2,5-10H2,1,3-4H3. The van der Waals surface area contributed by atoms with Crippen LogP contribution in [0.1, 0.15) is 13.3 Å². The van der Waals surface area contributed by atoms with Gasteiger partial charge in [0, 0.05) is 38.8 Å². The van der Waals surface area contributed by atoms with E-state index in [9.17, 15) is 0 Å². The number of nitrogens with zero attached hydrogens (tertiary/aromatic N) is 2. The molecule has 15 heavy (non-hydrogen) atoms. The molecule has 3 heteroatoms. The van der Waals surface area contributed by atoms with Crippen LogP contribution in [0.2, 0.25) is 0 Å². The molecule has 0 amide bonds. The molecule has 88 valence electrons. The van der Waals surface area contributed by atoms with Gasteiger partial charge in [0.25, 0.3) is 0 Å². The summed E-state index contributed by atoms with van der Waals surface area (Å²) in [5.74, 6) is 0. The molecule has 1 fully saturated rings. The van der Waals surface area contributed by atoms with Crippen LogP contribution < -0.4 is 5.32 Å². The maximum absolute atomic E-state index is 4.09. The van der Waals surface area contributed by atoms with E-state index < -0.39 is 0 Å². The Labute approximate surface area is 94.1 Å². The lowest BCUT2D eigenvalue weighted by Crippen LogP contribution is -2.51. The van der Waals surface area contributed by atoms with Crippen LogP contribution in [0.4, 0.5) is 0 Å².